The summed E-state index contributed by atoms with van der Waals surface area (Å²) in [6.45, 7) is 1.95. The maximum absolute atomic E-state index is 11.6. The van der Waals surface area contributed by atoms with E-state index in [1.807, 2.05) is 0 Å². The summed E-state index contributed by atoms with van der Waals surface area (Å²) in [7, 11) is 0. The van der Waals surface area contributed by atoms with Crippen LogP contribution >= 0.6 is 11.8 Å². The first-order chi connectivity index (χ1) is 6.36. The average Bonchev–Trinajstić information content (AvgIpc) is 2.74. The van der Waals surface area contributed by atoms with Crippen LogP contribution in [0.25, 0.3) is 0 Å². The van der Waals surface area contributed by atoms with Crippen LogP contribution in [-0.4, -0.2) is 42.7 Å². The SMILES string of the molecule is O=C(NC1CCNC1)C1CSCN1. The van der Waals surface area contributed by atoms with E-state index in [1.54, 1.807) is 11.8 Å². The van der Waals surface area contributed by atoms with Gasteiger partial charge in [-0.2, -0.15) is 0 Å². The van der Waals surface area contributed by atoms with Crippen LogP contribution in [0.1, 0.15) is 6.42 Å². The van der Waals surface area contributed by atoms with E-state index in [-0.39, 0.29) is 11.9 Å². The van der Waals surface area contributed by atoms with E-state index >= 15 is 0 Å². The second-order valence-electron chi connectivity index (χ2n) is 3.47. The molecule has 4 nitrogen and oxygen atoms in total. The van der Waals surface area contributed by atoms with Crippen molar-refractivity contribution in [3.05, 3.63) is 0 Å². The third-order valence-corrected chi connectivity index (χ3v) is 3.38. The van der Waals surface area contributed by atoms with Crippen molar-refractivity contribution in [1.82, 2.24) is 16.0 Å². The Balaban J connectivity index is 1.76. The van der Waals surface area contributed by atoms with Crippen LogP contribution in [0.2, 0.25) is 0 Å². The number of hydrogen-bond acceptors (Lipinski definition) is 4. The summed E-state index contributed by atoms with van der Waals surface area (Å²) in [5.41, 5.74) is 0. The van der Waals surface area contributed by atoms with Gasteiger partial charge in [-0.1, -0.05) is 0 Å². The molecule has 2 heterocycles. The number of nitrogens with one attached hydrogen (secondary N) is 3. The predicted molar refractivity (Wildman–Crippen MR) is 53.7 cm³/mol. The fraction of sp³-hybridized carbons (Fsp3) is 0.875. The lowest BCUT2D eigenvalue weighted by molar-refractivity contribution is -0.123. The van der Waals surface area contributed by atoms with E-state index < -0.39 is 0 Å². The van der Waals surface area contributed by atoms with E-state index in [9.17, 15) is 4.79 Å². The molecule has 0 aromatic heterocycles. The Morgan fingerprint density at radius 2 is 2.46 bits per heavy atom. The van der Waals surface area contributed by atoms with Gasteiger partial charge in [-0.05, 0) is 13.0 Å². The van der Waals surface area contributed by atoms with E-state index in [4.69, 9.17) is 0 Å². The summed E-state index contributed by atoms with van der Waals surface area (Å²) in [5.74, 6) is 1.98. The zero-order valence-electron chi connectivity index (χ0n) is 7.51. The molecule has 0 radical (unpaired) electrons. The first-order valence-electron chi connectivity index (χ1n) is 4.68. The summed E-state index contributed by atoms with van der Waals surface area (Å²) in [6, 6.07) is 0.380. The fourth-order valence-corrected chi connectivity index (χ4v) is 2.59. The Morgan fingerprint density at radius 1 is 1.54 bits per heavy atom. The van der Waals surface area contributed by atoms with E-state index in [0.29, 0.717) is 6.04 Å². The minimum absolute atomic E-state index is 0.0330. The lowest BCUT2D eigenvalue weighted by atomic mass is 10.2. The number of amides is 1. The molecule has 2 atom stereocenters. The Kier molecular flexibility index (Phi) is 3.08. The largest absolute Gasteiger partial charge is 0.351 e. The van der Waals surface area contributed by atoms with Crippen molar-refractivity contribution in [2.45, 2.75) is 18.5 Å². The molecule has 0 aliphatic carbocycles. The number of hydrogen-bond donors (Lipinski definition) is 3. The van der Waals surface area contributed by atoms with Crippen molar-refractivity contribution in [2.75, 3.05) is 24.7 Å². The Bertz CT molecular complexity index is 188. The quantitative estimate of drug-likeness (QED) is 0.543. The standard InChI is InChI=1S/C8H15N3OS/c12-8(7-4-13-5-10-7)11-6-1-2-9-3-6/h6-7,9-10H,1-5H2,(H,11,12). The van der Waals surface area contributed by atoms with Crippen LogP contribution in [0.5, 0.6) is 0 Å². The van der Waals surface area contributed by atoms with Gasteiger partial charge >= 0.3 is 0 Å². The summed E-state index contributed by atoms with van der Waals surface area (Å²) < 4.78 is 0. The molecule has 1 amide bonds. The molecule has 0 saturated carbocycles. The summed E-state index contributed by atoms with van der Waals surface area (Å²) in [6.07, 6.45) is 1.06. The van der Waals surface area contributed by atoms with Crippen LogP contribution in [0.4, 0.5) is 0 Å². The first-order valence-corrected chi connectivity index (χ1v) is 5.84. The number of carbonyl (C=O) groups excluding carboxylic acids is 1. The third kappa shape index (κ3) is 2.36. The fourth-order valence-electron chi connectivity index (χ4n) is 1.64. The van der Waals surface area contributed by atoms with Gasteiger partial charge in [0.25, 0.3) is 0 Å². The molecule has 0 spiro atoms. The van der Waals surface area contributed by atoms with Crippen LogP contribution in [-0.2, 0) is 4.79 Å². The van der Waals surface area contributed by atoms with Gasteiger partial charge < -0.3 is 10.6 Å². The lowest BCUT2D eigenvalue weighted by Gasteiger charge is -2.14. The molecule has 2 unspecified atom stereocenters. The molecule has 0 bridgehead atoms. The molecule has 5 heteroatoms. The summed E-state index contributed by atoms with van der Waals surface area (Å²) in [5, 5.41) is 9.43. The second kappa shape index (κ2) is 4.30. The Labute approximate surface area is 82.2 Å². The smallest absolute Gasteiger partial charge is 0.238 e. The Hall–Kier alpha value is -0.260. The van der Waals surface area contributed by atoms with Gasteiger partial charge in [0.1, 0.15) is 0 Å². The van der Waals surface area contributed by atoms with Crippen LogP contribution in [0.15, 0.2) is 0 Å². The average molecular weight is 201 g/mol. The number of rotatable bonds is 2. The molecular formula is C8H15N3OS. The maximum Gasteiger partial charge on any atom is 0.238 e. The zero-order chi connectivity index (χ0) is 9.10. The van der Waals surface area contributed by atoms with Gasteiger partial charge in [-0.3, -0.25) is 10.1 Å². The van der Waals surface area contributed by atoms with E-state index in [0.717, 1.165) is 31.1 Å². The van der Waals surface area contributed by atoms with Crippen LogP contribution < -0.4 is 16.0 Å². The van der Waals surface area contributed by atoms with E-state index in [1.165, 1.54) is 0 Å². The first kappa shape index (κ1) is 9.30. The molecule has 3 N–H and O–H groups in total. The normalized spacial score (nSPS) is 33.5. The highest BCUT2D eigenvalue weighted by Gasteiger charge is 2.25. The lowest BCUT2D eigenvalue weighted by Crippen LogP contribution is -2.46. The molecular weight excluding hydrogens is 186 g/mol. The predicted octanol–water partition coefficient (Wildman–Crippen LogP) is -0.873. The van der Waals surface area contributed by atoms with Crippen LogP contribution in [0.3, 0.4) is 0 Å². The molecule has 2 rings (SSSR count). The molecule has 74 valence electrons. The maximum atomic E-state index is 11.6. The highest BCUT2D eigenvalue weighted by molar-refractivity contribution is 7.99. The van der Waals surface area contributed by atoms with Crippen molar-refractivity contribution >= 4 is 17.7 Å². The van der Waals surface area contributed by atoms with Gasteiger partial charge in [0.05, 0.1) is 6.04 Å². The monoisotopic (exact) mass is 201 g/mol. The van der Waals surface area contributed by atoms with Crippen molar-refractivity contribution in [3.8, 4) is 0 Å². The molecule has 13 heavy (non-hydrogen) atoms. The van der Waals surface area contributed by atoms with Crippen LogP contribution in [0, 0.1) is 0 Å². The number of carbonyl (C=O) groups is 1. The zero-order valence-corrected chi connectivity index (χ0v) is 8.32. The Morgan fingerprint density at radius 3 is 3.08 bits per heavy atom. The molecule has 2 aliphatic heterocycles. The molecule has 2 aliphatic rings. The van der Waals surface area contributed by atoms with Gasteiger partial charge in [-0.25, -0.2) is 0 Å². The van der Waals surface area contributed by atoms with Gasteiger partial charge in [0, 0.05) is 24.2 Å². The number of thioether (sulfide) groups is 1. The minimum atomic E-state index is 0.0330. The molecule has 0 aromatic rings. The van der Waals surface area contributed by atoms with Gasteiger partial charge in [0.2, 0.25) is 5.91 Å². The van der Waals surface area contributed by atoms with Crippen molar-refractivity contribution in [3.63, 3.8) is 0 Å². The topological polar surface area (TPSA) is 53.2 Å². The third-order valence-electron chi connectivity index (χ3n) is 2.44. The summed E-state index contributed by atoms with van der Waals surface area (Å²) >= 11 is 1.78. The highest BCUT2D eigenvalue weighted by Crippen LogP contribution is 2.10. The highest BCUT2D eigenvalue weighted by atomic mass is 32.2. The van der Waals surface area contributed by atoms with Crippen molar-refractivity contribution in [1.29, 1.82) is 0 Å². The molecule has 0 aromatic carbocycles. The van der Waals surface area contributed by atoms with Crippen molar-refractivity contribution in [2.24, 2.45) is 0 Å². The molecule has 2 fully saturated rings. The minimum Gasteiger partial charge on any atom is -0.351 e. The van der Waals surface area contributed by atoms with Gasteiger partial charge in [-0.15, -0.1) is 11.8 Å². The van der Waals surface area contributed by atoms with Crippen molar-refractivity contribution < 1.29 is 4.79 Å². The second-order valence-corrected chi connectivity index (χ2v) is 4.50. The van der Waals surface area contributed by atoms with Gasteiger partial charge in [0.15, 0.2) is 0 Å². The summed E-state index contributed by atoms with van der Waals surface area (Å²) in [4.78, 5) is 11.6. The molecule has 2 saturated heterocycles. The van der Waals surface area contributed by atoms with E-state index in [2.05, 4.69) is 16.0 Å².